The Morgan fingerprint density at radius 3 is 2.67 bits per heavy atom. The number of hydrogen-bond donors (Lipinski definition) is 1. The molecular weight excluding hydrogens is 614 g/mol. The zero-order valence-electron chi connectivity index (χ0n) is 25.0. The van der Waals surface area contributed by atoms with E-state index >= 15 is 0 Å². The van der Waals surface area contributed by atoms with Crippen LogP contribution >= 0.6 is 11.6 Å². The molecule has 3 fully saturated rings. The summed E-state index contributed by atoms with van der Waals surface area (Å²) in [4.78, 5) is 33.0. The number of alkyl halides is 2. The number of rotatable bonds is 9. The second kappa shape index (κ2) is 12.5. The minimum absolute atomic E-state index is 0.0205. The van der Waals surface area contributed by atoms with Crippen molar-refractivity contribution in [3.05, 3.63) is 46.9 Å². The van der Waals surface area contributed by atoms with Crippen LogP contribution in [0.25, 0.3) is 11.4 Å². The molecular formula is C30H33ClF2N6O6. The molecule has 1 N–H and O–H groups in total. The molecule has 3 aliphatic rings. The van der Waals surface area contributed by atoms with E-state index in [0.29, 0.717) is 49.6 Å². The van der Waals surface area contributed by atoms with E-state index in [1.165, 1.54) is 17.2 Å². The van der Waals surface area contributed by atoms with Crippen LogP contribution < -0.4 is 19.3 Å². The van der Waals surface area contributed by atoms with Crippen LogP contribution in [0.3, 0.4) is 0 Å². The SMILES string of the molecule is CCOc1nc(-c2cc(N3C[C@@H](Oc4ncc(Cl)cc4N4CCOC5(COC5)[C@@H]4C)C[C@H]3C(=O)O)nc(C(F)F)n2)ccc1C. The van der Waals surface area contributed by atoms with Crippen LogP contribution in [0.2, 0.25) is 5.02 Å². The van der Waals surface area contributed by atoms with Crippen molar-refractivity contribution in [2.45, 2.75) is 57.4 Å². The van der Waals surface area contributed by atoms with Gasteiger partial charge in [0.05, 0.1) is 55.4 Å². The molecule has 0 unspecified atom stereocenters. The lowest BCUT2D eigenvalue weighted by Gasteiger charge is -2.53. The Bertz CT molecular complexity index is 1580. The van der Waals surface area contributed by atoms with Crippen molar-refractivity contribution >= 4 is 29.1 Å². The third-order valence-electron chi connectivity index (χ3n) is 8.39. The minimum Gasteiger partial charge on any atom is -0.480 e. The summed E-state index contributed by atoms with van der Waals surface area (Å²) in [6.45, 7) is 8.07. The number of anilines is 2. The van der Waals surface area contributed by atoms with E-state index in [2.05, 4.69) is 24.8 Å². The molecule has 0 bridgehead atoms. The Morgan fingerprint density at radius 1 is 1.18 bits per heavy atom. The molecule has 6 heterocycles. The number of aliphatic carboxylic acids is 1. The van der Waals surface area contributed by atoms with E-state index in [4.69, 9.17) is 30.5 Å². The smallest absolute Gasteiger partial charge is 0.326 e. The number of nitrogens with zero attached hydrogens (tertiary/aromatic N) is 6. The summed E-state index contributed by atoms with van der Waals surface area (Å²) in [6.07, 6.45) is -2.15. The lowest BCUT2D eigenvalue weighted by atomic mass is 9.90. The fraction of sp³-hybridized carbons (Fsp3) is 0.500. The van der Waals surface area contributed by atoms with Crippen LogP contribution in [0.1, 0.15) is 38.1 Å². The summed E-state index contributed by atoms with van der Waals surface area (Å²) in [5.41, 5.74) is 1.38. The van der Waals surface area contributed by atoms with Crippen LogP contribution in [0.5, 0.6) is 11.8 Å². The second-order valence-electron chi connectivity index (χ2n) is 11.3. The molecule has 45 heavy (non-hydrogen) atoms. The van der Waals surface area contributed by atoms with Gasteiger partial charge in [-0.05, 0) is 32.9 Å². The average Bonchev–Trinajstić information content (AvgIpc) is 3.43. The maximum Gasteiger partial charge on any atom is 0.326 e. The van der Waals surface area contributed by atoms with Gasteiger partial charge < -0.3 is 33.9 Å². The molecule has 3 aromatic rings. The molecule has 0 aliphatic carbocycles. The number of carboxylic acids is 1. The third kappa shape index (κ3) is 6.06. The van der Waals surface area contributed by atoms with E-state index in [9.17, 15) is 18.7 Å². The van der Waals surface area contributed by atoms with Gasteiger partial charge in [-0.25, -0.2) is 33.5 Å². The van der Waals surface area contributed by atoms with Crippen molar-refractivity contribution in [3.63, 3.8) is 0 Å². The van der Waals surface area contributed by atoms with Crippen LogP contribution in [0.15, 0.2) is 30.5 Å². The normalized spacial score (nSPS) is 22.5. The van der Waals surface area contributed by atoms with Gasteiger partial charge in [0.15, 0.2) is 5.82 Å². The Kier molecular flexibility index (Phi) is 8.63. The predicted molar refractivity (Wildman–Crippen MR) is 159 cm³/mol. The average molecular weight is 647 g/mol. The summed E-state index contributed by atoms with van der Waals surface area (Å²) in [5.74, 6) is -1.24. The maximum atomic E-state index is 14.0. The summed E-state index contributed by atoms with van der Waals surface area (Å²) in [5, 5.41) is 10.6. The predicted octanol–water partition coefficient (Wildman–Crippen LogP) is 4.34. The van der Waals surface area contributed by atoms with Gasteiger partial charge in [-0.2, -0.15) is 0 Å². The van der Waals surface area contributed by atoms with Gasteiger partial charge in [-0.15, -0.1) is 0 Å². The number of ether oxygens (including phenoxy) is 4. The summed E-state index contributed by atoms with van der Waals surface area (Å²) < 4.78 is 51.5. The molecule has 3 aromatic heterocycles. The lowest BCUT2D eigenvalue weighted by Crippen LogP contribution is -2.68. The number of morpholine rings is 1. The van der Waals surface area contributed by atoms with Crippen LogP contribution in [0, 0.1) is 6.92 Å². The molecule has 0 saturated carbocycles. The van der Waals surface area contributed by atoms with Gasteiger partial charge in [0, 0.05) is 30.8 Å². The highest BCUT2D eigenvalue weighted by atomic mass is 35.5. The molecule has 12 nitrogen and oxygen atoms in total. The molecule has 15 heteroatoms. The fourth-order valence-electron chi connectivity index (χ4n) is 5.91. The zero-order chi connectivity index (χ0) is 31.9. The van der Waals surface area contributed by atoms with E-state index in [1.807, 2.05) is 20.8 Å². The van der Waals surface area contributed by atoms with Gasteiger partial charge in [0.25, 0.3) is 6.43 Å². The molecule has 1 spiro atoms. The largest absolute Gasteiger partial charge is 0.480 e. The van der Waals surface area contributed by atoms with Gasteiger partial charge in [0.2, 0.25) is 11.8 Å². The first-order valence-electron chi connectivity index (χ1n) is 14.7. The highest BCUT2D eigenvalue weighted by Crippen LogP contribution is 2.40. The van der Waals surface area contributed by atoms with Crippen LogP contribution in [-0.4, -0.2) is 94.3 Å². The lowest BCUT2D eigenvalue weighted by molar-refractivity contribution is -0.228. The Hall–Kier alpha value is -3.88. The van der Waals surface area contributed by atoms with E-state index < -0.39 is 36.0 Å². The van der Waals surface area contributed by atoms with Crippen molar-refractivity contribution in [3.8, 4) is 23.1 Å². The third-order valence-corrected chi connectivity index (χ3v) is 8.60. The van der Waals surface area contributed by atoms with Crippen molar-refractivity contribution in [1.29, 1.82) is 0 Å². The number of halogens is 3. The van der Waals surface area contributed by atoms with E-state index in [0.717, 1.165) is 5.56 Å². The fourth-order valence-corrected chi connectivity index (χ4v) is 6.06. The summed E-state index contributed by atoms with van der Waals surface area (Å²) in [6, 6.07) is 5.44. The molecule has 240 valence electrons. The molecule has 3 atom stereocenters. The van der Waals surface area contributed by atoms with Gasteiger partial charge in [0.1, 0.15) is 29.3 Å². The summed E-state index contributed by atoms with van der Waals surface area (Å²) in [7, 11) is 0. The Balaban J connectivity index is 1.30. The standard InChI is InChI=1S/C30H33ClF2N6O6/c1-4-43-27-16(2)5-6-20(36-27)21-11-24(37-26(35-21)25(32)33)39-13-19(10-23(39)29(40)41)45-28-22(9-18(31)12-34-28)38-7-8-44-30(17(38)3)14-42-15-30/h5-6,9,11-12,17,19,23,25H,4,7-8,10,13-15H2,1-3H3,(H,40,41)/t17-,19-,23-/m0/s1. The monoisotopic (exact) mass is 646 g/mol. The molecule has 6 rings (SSSR count). The number of carbonyl (C=O) groups is 1. The van der Waals surface area contributed by atoms with Crippen LogP contribution in [0.4, 0.5) is 20.3 Å². The zero-order valence-corrected chi connectivity index (χ0v) is 25.7. The van der Waals surface area contributed by atoms with Gasteiger partial charge in [-0.3, -0.25) is 0 Å². The van der Waals surface area contributed by atoms with Crippen molar-refractivity contribution in [2.24, 2.45) is 0 Å². The Morgan fingerprint density at radius 2 is 1.98 bits per heavy atom. The highest BCUT2D eigenvalue weighted by Gasteiger charge is 2.50. The first-order chi connectivity index (χ1) is 21.6. The molecule has 3 aliphatic heterocycles. The topological polar surface area (TPSA) is 132 Å². The minimum atomic E-state index is -3.00. The number of aryl methyl sites for hydroxylation is 1. The number of carboxylic acid groups (broad SMARTS) is 1. The van der Waals surface area contributed by atoms with Crippen molar-refractivity contribution in [1.82, 2.24) is 19.9 Å². The van der Waals surface area contributed by atoms with Gasteiger partial charge >= 0.3 is 5.97 Å². The van der Waals surface area contributed by atoms with Crippen LogP contribution in [-0.2, 0) is 14.3 Å². The first-order valence-corrected chi connectivity index (χ1v) is 15.0. The quantitative estimate of drug-likeness (QED) is 0.355. The second-order valence-corrected chi connectivity index (χ2v) is 11.7. The van der Waals surface area contributed by atoms with Gasteiger partial charge in [-0.1, -0.05) is 17.7 Å². The summed E-state index contributed by atoms with van der Waals surface area (Å²) >= 11 is 6.35. The number of pyridine rings is 2. The van der Waals surface area contributed by atoms with E-state index in [-0.39, 0.29) is 42.1 Å². The maximum absolute atomic E-state index is 14.0. The van der Waals surface area contributed by atoms with Crippen molar-refractivity contribution < 1.29 is 37.6 Å². The van der Waals surface area contributed by atoms with E-state index in [1.54, 1.807) is 18.2 Å². The highest BCUT2D eigenvalue weighted by molar-refractivity contribution is 6.30. The first kappa shape index (κ1) is 31.1. The van der Waals surface area contributed by atoms with Crippen molar-refractivity contribution in [2.75, 3.05) is 49.3 Å². The molecule has 3 saturated heterocycles. The Labute approximate surface area is 263 Å². The molecule has 0 aromatic carbocycles. The molecule has 0 radical (unpaired) electrons. The number of aromatic nitrogens is 4. The number of hydrogen-bond acceptors (Lipinski definition) is 11. The molecule has 0 amide bonds.